The molecule has 0 unspecified atom stereocenters. The summed E-state index contributed by atoms with van der Waals surface area (Å²) in [4.78, 5) is 4.54. The molecule has 4 rings (SSSR count). The minimum absolute atomic E-state index is 0.192. The fraction of sp³-hybridized carbons (Fsp3) is 0.222. The molecule has 0 amide bonds. The summed E-state index contributed by atoms with van der Waals surface area (Å²) in [6.07, 6.45) is 1.73. The van der Waals surface area contributed by atoms with E-state index in [0.717, 1.165) is 48.3 Å². The zero-order chi connectivity index (χ0) is 16.5. The Hall–Kier alpha value is -2.89. The molecular formula is C18H18FN5. The summed E-state index contributed by atoms with van der Waals surface area (Å²) in [5, 5.41) is 9.71. The topological polar surface area (TPSA) is 58.3 Å². The molecule has 0 saturated carbocycles. The number of hydrogen-bond donors (Lipinski definition) is 1. The summed E-state index contributed by atoms with van der Waals surface area (Å²) < 4.78 is 13.4. The van der Waals surface area contributed by atoms with E-state index in [1.807, 2.05) is 12.1 Å². The molecule has 1 aliphatic heterocycles. The molecular weight excluding hydrogens is 305 g/mol. The summed E-state index contributed by atoms with van der Waals surface area (Å²) >= 11 is 0. The molecule has 24 heavy (non-hydrogen) atoms. The zero-order valence-electron chi connectivity index (χ0n) is 13.2. The molecule has 1 saturated heterocycles. The molecule has 2 aromatic carbocycles. The molecule has 0 aliphatic carbocycles. The van der Waals surface area contributed by atoms with Crippen molar-refractivity contribution in [3.63, 3.8) is 0 Å². The van der Waals surface area contributed by atoms with E-state index in [2.05, 4.69) is 32.1 Å². The van der Waals surface area contributed by atoms with Gasteiger partial charge < -0.3 is 15.5 Å². The highest BCUT2D eigenvalue weighted by molar-refractivity contribution is 5.92. The third kappa shape index (κ3) is 2.71. The quantitative estimate of drug-likeness (QED) is 0.786. The first kappa shape index (κ1) is 14.7. The molecule has 1 aromatic heterocycles. The second kappa shape index (κ2) is 5.96. The van der Waals surface area contributed by atoms with Crippen molar-refractivity contribution in [3.8, 4) is 0 Å². The van der Waals surface area contributed by atoms with Gasteiger partial charge in [-0.05, 0) is 36.4 Å². The molecule has 2 heterocycles. The highest BCUT2D eigenvalue weighted by Gasteiger charge is 2.18. The molecule has 3 aromatic rings. The maximum atomic E-state index is 13.4. The average molecular weight is 323 g/mol. The van der Waals surface area contributed by atoms with Crippen LogP contribution in [0.4, 0.5) is 21.6 Å². The Morgan fingerprint density at radius 2 is 1.62 bits per heavy atom. The maximum absolute atomic E-state index is 13.4. The first-order valence-electron chi connectivity index (χ1n) is 7.97. The van der Waals surface area contributed by atoms with Gasteiger partial charge >= 0.3 is 0 Å². The summed E-state index contributed by atoms with van der Waals surface area (Å²) in [5.74, 6) is 0.262. The number of nitrogen functional groups attached to an aromatic ring is 1. The van der Waals surface area contributed by atoms with Gasteiger partial charge in [0.2, 0.25) is 0 Å². The normalized spacial score (nSPS) is 15.0. The molecule has 122 valence electrons. The van der Waals surface area contributed by atoms with Crippen LogP contribution in [0, 0.1) is 5.82 Å². The van der Waals surface area contributed by atoms with E-state index >= 15 is 0 Å². The van der Waals surface area contributed by atoms with E-state index in [1.54, 1.807) is 18.3 Å². The Morgan fingerprint density at radius 1 is 0.917 bits per heavy atom. The monoisotopic (exact) mass is 323 g/mol. The summed E-state index contributed by atoms with van der Waals surface area (Å²) in [6.45, 7) is 3.49. The fourth-order valence-electron chi connectivity index (χ4n) is 3.19. The second-order valence-corrected chi connectivity index (χ2v) is 5.96. The lowest BCUT2D eigenvalue weighted by atomic mass is 10.1. The van der Waals surface area contributed by atoms with Crippen LogP contribution >= 0.6 is 0 Å². The third-order valence-corrected chi connectivity index (χ3v) is 4.49. The van der Waals surface area contributed by atoms with Gasteiger partial charge in [-0.2, -0.15) is 5.10 Å². The minimum Gasteiger partial charge on any atom is -0.382 e. The lowest BCUT2D eigenvalue weighted by molar-refractivity contribution is 0.620. The SMILES string of the molecule is Nc1nncc2cc(N3CCN(c4cccc(F)c4)CC3)ccc12. The highest BCUT2D eigenvalue weighted by atomic mass is 19.1. The van der Waals surface area contributed by atoms with Gasteiger partial charge in [-0.3, -0.25) is 0 Å². The van der Waals surface area contributed by atoms with Crippen molar-refractivity contribution in [3.05, 3.63) is 54.5 Å². The molecule has 2 N–H and O–H groups in total. The Morgan fingerprint density at radius 3 is 2.33 bits per heavy atom. The lowest BCUT2D eigenvalue weighted by Crippen LogP contribution is -2.46. The molecule has 0 bridgehead atoms. The van der Waals surface area contributed by atoms with Crippen molar-refractivity contribution in [2.24, 2.45) is 0 Å². The minimum atomic E-state index is -0.192. The second-order valence-electron chi connectivity index (χ2n) is 5.96. The molecule has 0 spiro atoms. The van der Waals surface area contributed by atoms with Crippen molar-refractivity contribution in [1.82, 2.24) is 10.2 Å². The van der Waals surface area contributed by atoms with E-state index in [4.69, 9.17) is 5.73 Å². The van der Waals surface area contributed by atoms with Crippen molar-refractivity contribution in [2.45, 2.75) is 0 Å². The van der Waals surface area contributed by atoms with Crippen LogP contribution in [-0.4, -0.2) is 36.4 Å². The van der Waals surface area contributed by atoms with Gasteiger partial charge in [0.25, 0.3) is 0 Å². The standard InChI is InChI=1S/C18H18FN5/c19-14-2-1-3-15(11-14)23-6-8-24(9-7-23)16-4-5-17-13(10-16)12-21-22-18(17)20/h1-5,10-12H,6-9H2,(H2,20,22). The number of nitrogens with two attached hydrogens (primary N) is 1. The van der Waals surface area contributed by atoms with Gasteiger partial charge in [0, 0.05) is 48.3 Å². The van der Waals surface area contributed by atoms with Crippen molar-refractivity contribution < 1.29 is 4.39 Å². The lowest BCUT2D eigenvalue weighted by Gasteiger charge is -2.37. The van der Waals surface area contributed by atoms with Crippen LogP contribution in [-0.2, 0) is 0 Å². The smallest absolute Gasteiger partial charge is 0.153 e. The van der Waals surface area contributed by atoms with Gasteiger partial charge in [-0.15, -0.1) is 5.10 Å². The van der Waals surface area contributed by atoms with Gasteiger partial charge in [0.1, 0.15) is 5.82 Å². The van der Waals surface area contributed by atoms with Crippen LogP contribution in [0.3, 0.4) is 0 Å². The number of halogens is 1. The van der Waals surface area contributed by atoms with Crippen LogP contribution in [0.2, 0.25) is 0 Å². The van der Waals surface area contributed by atoms with E-state index in [1.165, 1.54) is 6.07 Å². The number of piperazine rings is 1. The van der Waals surface area contributed by atoms with Crippen LogP contribution in [0.1, 0.15) is 0 Å². The van der Waals surface area contributed by atoms with Crippen LogP contribution < -0.4 is 15.5 Å². The summed E-state index contributed by atoms with van der Waals surface area (Å²) in [6, 6.07) is 12.9. The zero-order valence-corrected chi connectivity index (χ0v) is 13.2. The van der Waals surface area contributed by atoms with Crippen molar-refractivity contribution in [1.29, 1.82) is 0 Å². The molecule has 1 aliphatic rings. The number of benzene rings is 2. The number of anilines is 3. The molecule has 0 atom stereocenters. The Kier molecular flexibility index (Phi) is 3.65. The number of fused-ring (bicyclic) bond motifs is 1. The first-order chi connectivity index (χ1) is 11.7. The largest absolute Gasteiger partial charge is 0.382 e. The summed E-state index contributed by atoms with van der Waals surface area (Å²) in [5.41, 5.74) is 7.94. The van der Waals surface area contributed by atoms with Crippen LogP contribution in [0.15, 0.2) is 48.7 Å². The third-order valence-electron chi connectivity index (χ3n) is 4.49. The van der Waals surface area contributed by atoms with Gasteiger partial charge in [0.15, 0.2) is 5.82 Å². The Bertz CT molecular complexity index is 874. The number of hydrogen-bond acceptors (Lipinski definition) is 5. The first-order valence-corrected chi connectivity index (χ1v) is 7.97. The molecule has 1 fully saturated rings. The van der Waals surface area contributed by atoms with E-state index in [0.29, 0.717) is 5.82 Å². The number of aromatic nitrogens is 2. The van der Waals surface area contributed by atoms with Gasteiger partial charge in [-0.1, -0.05) is 6.07 Å². The number of rotatable bonds is 2. The summed E-state index contributed by atoms with van der Waals surface area (Å²) in [7, 11) is 0. The average Bonchev–Trinajstić information content (AvgIpc) is 2.62. The number of nitrogens with zero attached hydrogens (tertiary/aromatic N) is 4. The molecule has 5 nitrogen and oxygen atoms in total. The molecule has 6 heteroatoms. The van der Waals surface area contributed by atoms with Gasteiger partial charge in [-0.25, -0.2) is 4.39 Å². The highest BCUT2D eigenvalue weighted by Crippen LogP contribution is 2.26. The van der Waals surface area contributed by atoms with Crippen molar-refractivity contribution in [2.75, 3.05) is 41.7 Å². The Balaban J connectivity index is 1.51. The maximum Gasteiger partial charge on any atom is 0.153 e. The van der Waals surface area contributed by atoms with Crippen LogP contribution in [0.5, 0.6) is 0 Å². The predicted molar refractivity (Wildman–Crippen MR) is 94.8 cm³/mol. The Labute approximate surface area is 139 Å². The van der Waals surface area contributed by atoms with Gasteiger partial charge in [0.05, 0.1) is 6.20 Å². The molecule has 0 radical (unpaired) electrons. The van der Waals surface area contributed by atoms with E-state index in [-0.39, 0.29) is 5.82 Å². The van der Waals surface area contributed by atoms with Crippen LogP contribution in [0.25, 0.3) is 10.8 Å². The van der Waals surface area contributed by atoms with E-state index in [9.17, 15) is 4.39 Å². The predicted octanol–water partition coefficient (Wildman–Crippen LogP) is 2.68. The van der Waals surface area contributed by atoms with E-state index < -0.39 is 0 Å². The van der Waals surface area contributed by atoms with Crippen molar-refractivity contribution >= 4 is 28.0 Å². The fourth-order valence-corrected chi connectivity index (χ4v) is 3.19.